The lowest BCUT2D eigenvalue weighted by Crippen LogP contribution is -2.09. The molecule has 1 aromatic heterocycles. The van der Waals surface area contributed by atoms with Crippen molar-refractivity contribution in [1.82, 2.24) is 9.97 Å². The fourth-order valence-corrected chi connectivity index (χ4v) is 2.41. The largest absolute Gasteiger partial charge is 0.393 e. The molecule has 0 fully saturated rings. The quantitative estimate of drug-likeness (QED) is 0.324. The number of nitro groups is 1. The Bertz CT molecular complexity index is 900. The molecule has 2 rings (SSSR count). The maximum Gasteiger partial charge on any atom is 0.307 e. The van der Waals surface area contributed by atoms with Crippen LogP contribution in [-0.2, 0) is 16.5 Å². The van der Waals surface area contributed by atoms with Crippen LogP contribution in [0.5, 0.6) is 5.88 Å². The van der Waals surface area contributed by atoms with Crippen LogP contribution in [0.3, 0.4) is 0 Å². The number of hydrogen-bond acceptors (Lipinski definition) is 9. The fourth-order valence-electron chi connectivity index (χ4n) is 2.02. The minimum absolute atomic E-state index is 0.0253. The predicted octanol–water partition coefficient (Wildman–Crippen LogP) is 2.00. The summed E-state index contributed by atoms with van der Waals surface area (Å²) in [5.74, 6) is -0.0722. The van der Waals surface area contributed by atoms with Gasteiger partial charge in [0.25, 0.3) is 5.69 Å². The first-order valence-electron chi connectivity index (χ1n) is 7.26. The van der Waals surface area contributed by atoms with E-state index in [1.807, 2.05) is 6.92 Å². The van der Waals surface area contributed by atoms with E-state index < -0.39 is 15.0 Å². The summed E-state index contributed by atoms with van der Waals surface area (Å²) in [6.45, 7) is 1.94. The van der Waals surface area contributed by atoms with Crippen LogP contribution in [0.4, 0.5) is 23.0 Å². The maximum atomic E-state index is 11.3. The van der Waals surface area contributed by atoms with Crippen molar-refractivity contribution in [1.29, 1.82) is 0 Å². The highest BCUT2D eigenvalue weighted by atomic mass is 32.2. The average Bonchev–Trinajstić information content (AvgIpc) is 2.47. The molecule has 3 N–H and O–H groups in total. The zero-order chi connectivity index (χ0) is 18.6. The predicted molar refractivity (Wildman–Crippen MR) is 92.3 cm³/mol. The van der Waals surface area contributed by atoms with Crippen LogP contribution in [0, 0.1) is 10.1 Å². The van der Waals surface area contributed by atoms with E-state index in [1.165, 1.54) is 24.3 Å². The number of nitrogens with two attached hydrogens (primary N) is 1. The molecule has 134 valence electrons. The summed E-state index contributed by atoms with van der Waals surface area (Å²) in [6, 6.07) is 5.57. The first-order chi connectivity index (χ1) is 11.7. The summed E-state index contributed by atoms with van der Waals surface area (Å²) in [5, 5.41) is 13.8. The number of rotatable bonds is 7. The van der Waals surface area contributed by atoms with Crippen LogP contribution >= 0.6 is 0 Å². The van der Waals surface area contributed by atoms with Crippen molar-refractivity contribution in [3.8, 4) is 5.88 Å². The number of nitro benzene ring substituents is 1. The summed E-state index contributed by atoms with van der Waals surface area (Å²) in [6.07, 6.45) is 2.27. The van der Waals surface area contributed by atoms with Gasteiger partial charge < -0.3 is 15.2 Å². The van der Waals surface area contributed by atoms with Gasteiger partial charge in [-0.2, -0.15) is 13.4 Å². The van der Waals surface area contributed by atoms with Crippen molar-refractivity contribution in [3.63, 3.8) is 0 Å². The summed E-state index contributed by atoms with van der Waals surface area (Å²) in [5.41, 5.74) is 6.22. The van der Waals surface area contributed by atoms with Crippen molar-refractivity contribution < 1.29 is 17.5 Å². The van der Waals surface area contributed by atoms with Gasteiger partial charge in [-0.05, 0) is 18.6 Å². The van der Waals surface area contributed by atoms with Crippen molar-refractivity contribution in [3.05, 3.63) is 40.1 Å². The van der Waals surface area contributed by atoms with Crippen LogP contribution in [0.25, 0.3) is 0 Å². The van der Waals surface area contributed by atoms with Crippen molar-refractivity contribution >= 4 is 33.1 Å². The van der Waals surface area contributed by atoms with Gasteiger partial charge in [-0.1, -0.05) is 13.3 Å². The summed E-state index contributed by atoms with van der Waals surface area (Å²) in [4.78, 5) is 18.6. The number of hydrogen-bond donors (Lipinski definition) is 2. The highest BCUT2D eigenvalue weighted by Gasteiger charge is 2.14. The molecule has 11 heteroatoms. The number of anilines is 3. The lowest BCUT2D eigenvalue weighted by molar-refractivity contribution is -0.383. The van der Waals surface area contributed by atoms with Crippen LogP contribution in [0.2, 0.25) is 0 Å². The number of aromatic nitrogens is 2. The Balaban J connectivity index is 2.38. The number of nitrogens with one attached hydrogen (secondary N) is 1. The molecule has 25 heavy (non-hydrogen) atoms. The molecule has 0 bridgehead atoms. The third-order valence-electron chi connectivity index (χ3n) is 2.98. The van der Waals surface area contributed by atoms with E-state index in [0.717, 1.165) is 12.7 Å². The SMILES string of the molecule is CCCc1cc(OS(C)(=O)=O)nc(Nc2ccc(N)c([N+](=O)[O-])c2)n1. The van der Waals surface area contributed by atoms with Gasteiger partial charge in [0, 0.05) is 23.5 Å². The molecule has 1 aromatic carbocycles. The van der Waals surface area contributed by atoms with E-state index in [0.29, 0.717) is 17.8 Å². The topological polar surface area (TPSA) is 150 Å². The zero-order valence-electron chi connectivity index (χ0n) is 13.6. The molecule has 2 aromatic rings. The second-order valence-electron chi connectivity index (χ2n) is 5.21. The van der Waals surface area contributed by atoms with E-state index in [4.69, 9.17) is 9.92 Å². The monoisotopic (exact) mass is 367 g/mol. The minimum atomic E-state index is -3.75. The van der Waals surface area contributed by atoms with Crippen LogP contribution < -0.4 is 15.2 Å². The Morgan fingerprint density at radius 3 is 2.64 bits per heavy atom. The molecular weight excluding hydrogens is 350 g/mol. The third kappa shape index (κ3) is 5.28. The Morgan fingerprint density at radius 2 is 2.04 bits per heavy atom. The molecule has 10 nitrogen and oxygen atoms in total. The molecule has 0 saturated carbocycles. The smallest absolute Gasteiger partial charge is 0.307 e. The lowest BCUT2D eigenvalue weighted by Gasteiger charge is -2.10. The van der Waals surface area contributed by atoms with E-state index in [-0.39, 0.29) is 23.2 Å². The molecular formula is C14H17N5O5S. The van der Waals surface area contributed by atoms with Gasteiger partial charge >= 0.3 is 10.1 Å². The molecule has 0 unspecified atom stereocenters. The fraction of sp³-hybridized carbons (Fsp3) is 0.286. The maximum absolute atomic E-state index is 11.3. The van der Waals surface area contributed by atoms with Crippen molar-refractivity contribution in [2.45, 2.75) is 19.8 Å². The third-order valence-corrected chi connectivity index (χ3v) is 3.46. The normalized spacial score (nSPS) is 11.1. The molecule has 0 spiro atoms. The summed E-state index contributed by atoms with van der Waals surface area (Å²) in [7, 11) is -3.75. The summed E-state index contributed by atoms with van der Waals surface area (Å²) >= 11 is 0. The molecule has 0 aliphatic carbocycles. The molecule has 0 aliphatic heterocycles. The lowest BCUT2D eigenvalue weighted by atomic mass is 10.2. The van der Waals surface area contributed by atoms with Gasteiger partial charge in [-0.3, -0.25) is 10.1 Å². The van der Waals surface area contributed by atoms with Gasteiger partial charge in [-0.15, -0.1) is 0 Å². The molecule has 1 heterocycles. The highest BCUT2D eigenvalue weighted by molar-refractivity contribution is 7.86. The van der Waals surface area contributed by atoms with Crippen LogP contribution in [0.15, 0.2) is 24.3 Å². The Morgan fingerprint density at radius 1 is 1.32 bits per heavy atom. The van der Waals surface area contributed by atoms with Crippen molar-refractivity contribution in [2.75, 3.05) is 17.3 Å². The Kier molecular flexibility index (Phi) is 5.37. The average molecular weight is 367 g/mol. The highest BCUT2D eigenvalue weighted by Crippen LogP contribution is 2.27. The van der Waals surface area contributed by atoms with Gasteiger partial charge in [-0.25, -0.2) is 4.98 Å². The minimum Gasteiger partial charge on any atom is -0.393 e. The van der Waals surface area contributed by atoms with Crippen LogP contribution in [0.1, 0.15) is 19.0 Å². The summed E-state index contributed by atoms with van der Waals surface area (Å²) < 4.78 is 27.4. The number of nitrogen functional groups attached to an aromatic ring is 1. The van der Waals surface area contributed by atoms with Gasteiger partial charge in [0.2, 0.25) is 11.8 Å². The van der Waals surface area contributed by atoms with Gasteiger partial charge in [0.05, 0.1) is 11.2 Å². The Labute approximate surface area is 144 Å². The van der Waals surface area contributed by atoms with E-state index in [1.54, 1.807) is 0 Å². The second kappa shape index (κ2) is 7.30. The number of benzene rings is 1. The van der Waals surface area contributed by atoms with E-state index in [2.05, 4.69) is 15.3 Å². The first kappa shape index (κ1) is 18.4. The second-order valence-corrected chi connectivity index (χ2v) is 6.79. The van der Waals surface area contributed by atoms with Crippen molar-refractivity contribution in [2.24, 2.45) is 0 Å². The molecule has 0 amide bonds. The molecule has 0 aliphatic rings. The Hall–Kier alpha value is -2.95. The number of aryl methyl sites for hydroxylation is 1. The van der Waals surface area contributed by atoms with Crippen LogP contribution in [-0.4, -0.2) is 29.6 Å². The number of nitrogens with zero attached hydrogens (tertiary/aromatic N) is 3. The van der Waals surface area contributed by atoms with Gasteiger partial charge in [0.15, 0.2) is 0 Å². The molecule has 0 saturated heterocycles. The molecule has 0 radical (unpaired) electrons. The van der Waals surface area contributed by atoms with E-state index in [9.17, 15) is 18.5 Å². The van der Waals surface area contributed by atoms with Gasteiger partial charge in [0.1, 0.15) is 5.69 Å². The van der Waals surface area contributed by atoms with E-state index >= 15 is 0 Å². The first-order valence-corrected chi connectivity index (χ1v) is 9.08. The molecule has 0 atom stereocenters. The standard InChI is InChI=1S/C14H17N5O5S/c1-3-4-9-8-13(24-25(2,22)23)18-14(16-9)17-10-5-6-11(15)12(7-10)19(20)21/h5-8H,3-4,15H2,1-2H3,(H,16,17,18). The zero-order valence-corrected chi connectivity index (χ0v) is 14.4.